The summed E-state index contributed by atoms with van der Waals surface area (Å²) in [5.41, 5.74) is 3.65. The molecule has 6 nitrogen and oxygen atoms in total. The van der Waals surface area contributed by atoms with Gasteiger partial charge < -0.3 is 24.4 Å². The summed E-state index contributed by atoms with van der Waals surface area (Å²) in [4.78, 5) is 14.7. The fraction of sp³-hybridized carbons (Fsp3) is 0.130. The number of furan rings is 1. The molecular weight excluding hydrogens is 466 g/mol. The molecule has 10 heteroatoms. The Kier molecular flexibility index (Phi) is 6.48. The molecule has 0 spiro atoms. The molecule has 3 N–H and O–H groups in total. The van der Waals surface area contributed by atoms with Crippen LogP contribution in [0.4, 0.5) is 19.7 Å². The lowest BCUT2D eigenvalue weighted by atomic mass is 10.1. The molecule has 0 fully saturated rings. The number of nitrogens with zero attached hydrogens (tertiary/aromatic N) is 1. The molecule has 0 atom stereocenters. The molecule has 2 aromatic heterocycles. The minimum atomic E-state index is -0.549. The lowest BCUT2D eigenvalue weighted by molar-refractivity contribution is 0.101. The average Bonchev–Trinajstić information content (AvgIpc) is 3.38. The van der Waals surface area contributed by atoms with Crippen LogP contribution in [0.3, 0.4) is 0 Å². The number of carbonyl (C=O) groups excluding carboxylic acids is 1. The molecule has 0 saturated heterocycles. The maximum atomic E-state index is 14.4. The van der Waals surface area contributed by atoms with Gasteiger partial charge in [-0.1, -0.05) is 11.8 Å². The fourth-order valence-corrected chi connectivity index (χ4v) is 5.06. The number of fused-ring (bicyclic) bond motifs is 1. The Morgan fingerprint density at radius 3 is 2.70 bits per heavy atom. The highest BCUT2D eigenvalue weighted by molar-refractivity contribution is 7.99. The predicted octanol–water partition coefficient (Wildman–Crippen LogP) is 6.87. The highest BCUT2D eigenvalue weighted by Crippen LogP contribution is 2.36. The van der Waals surface area contributed by atoms with E-state index in [0.717, 1.165) is 27.3 Å². The van der Waals surface area contributed by atoms with Crippen molar-refractivity contribution in [3.8, 4) is 0 Å². The van der Waals surface area contributed by atoms with Gasteiger partial charge in [-0.25, -0.2) is 4.39 Å². The molecule has 0 aliphatic heterocycles. The van der Waals surface area contributed by atoms with E-state index in [-0.39, 0.29) is 18.0 Å². The number of hydrogen-bond acceptors (Lipinski definition) is 6. The lowest BCUT2D eigenvalue weighted by Gasteiger charge is -2.11. The molecule has 2 aromatic carbocycles. The summed E-state index contributed by atoms with van der Waals surface area (Å²) in [6.07, 6.45) is 2.61. The summed E-state index contributed by atoms with van der Waals surface area (Å²) in [5.74, 6) is -0.997. The van der Waals surface area contributed by atoms with E-state index < -0.39 is 11.7 Å². The van der Waals surface area contributed by atoms with E-state index >= 15 is 0 Å². The Morgan fingerprint density at radius 1 is 1.18 bits per heavy atom. The van der Waals surface area contributed by atoms with Crippen molar-refractivity contribution in [2.24, 2.45) is 7.05 Å². The van der Waals surface area contributed by atoms with Crippen LogP contribution in [0, 0.1) is 25.1 Å². The van der Waals surface area contributed by atoms with Gasteiger partial charge >= 0.3 is 0 Å². The third kappa shape index (κ3) is 4.36. The molecule has 0 unspecified atom stereocenters. The Morgan fingerprint density at radius 2 is 1.97 bits per heavy atom. The van der Waals surface area contributed by atoms with Gasteiger partial charge in [-0.2, -0.15) is 0 Å². The van der Waals surface area contributed by atoms with Gasteiger partial charge in [-0.05, 0) is 55.8 Å². The standard InChI is InChI=1S/C23H20F2N4O2S2/c1-12-8-15(9-14(11-26)21(12)28-33-25)32-20-10-18(29(3)13(20)2)23(30)27-22-16-6-7-31-19(16)5-4-17(22)24/h4-11,26,28H,1-3H3,(H,27,30). The largest absolute Gasteiger partial charge is 0.464 e. The highest BCUT2D eigenvalue weighted by atomic mass is 32.2. The zero-order chi connectivity index (χ0) is 23.7. The van der Waals surface area contributed by atoms with E-state index in [1.54, 1.807) is 29.8 Å². The van der Waals surface area contributed by atoms with Crippen LogP contribution >= 0.6 is 24.1 Å². The van der Waals surface area contributed by atoms with Gasteiger partial charge in [0.2, 0.25) is 0 Å². The van der Waals surface area contributed by atoms with Crippen molar-refractivity contribution >= 4 is 58.6 Å². The van der Waals surface area contributed by atoms with Crippen LogP contribution in [0.2, 0.25) is 0 Å². The Bertz CT molecular complexity index is 1380. The van der Waals surface area contributed by atoms with Crippen molar-refractivity contribution in [1.82, 2.24) is 4.57 Å². The Balaban J connectivity index is 1.64. The first-order valence-electron chi connectivity index (χ1n) is 9.84. The quantitative estimate of drug-likeness (QED) is 0.196. The molecule has 0 aliphatic rings. The molecule has 1 amide bonds. The van der Waals surface area contributed by atoms with E-state index in [0.29, 0.717) is 27.9 Å². The van der Waals surface area contributed by atoms with Crippen LogP contribution < -0.4 is 10.0 Å². The minimum absolute atomic E-state index is 0.0185. The summed E-state index contributed by atoms with van der Waals surface area (Å²) in [6, 6.07) is 9.78. The first-order valence-corrected chi connectivity index (χ1v) is 11.4. The molecule has 0 bridgehead atoms. The summed E-state index contributed by atoms with van der Waals surface area (Å²) in [7, 11) is 1.77. The average molecular weight is 487 g/mol. The number of anilines is 2. The molecule has 4 rings (SSSR count). The minimum Gasteiger partial charge on any atom is -0.464 e. The van der Waals surface area contributed by atoms with Crippen LogP contribution in [0.25, 0.3) is 11.0 Å². The van der Waals surface area contributed by atoms with Crippen molar-refractivity contribution in [2.75, 3.05) is 10.0 Å². The molecule has 33 heavy (non-hydrogen) atoms. The lowest BCUT2D eigenvalue weighted by Crippen LogP contribution is -2.17. The second-order valence-electron chi connectivity index (χ2n) is 7.38. The van der Waals surface area contributed by atoms with Gasteiger partial charge in [0.1, 0.15) is 17.1 Å². The Hall–Kier alpha value is -3.24. The Labute approximate surface area is 197 Å². The monoisotopic (exact) mass is 486 g/mol. The molecule has 2 heterocycles. The van der Waals surface area contributed by atoms with Crippen molar-refractivity contribution in [2.45, 2.75) is 23.6 Å². The van der Waals surface area contributed by atoms with E-state index in [2.05, 4.69) is 10.0 Å². The number of aryl methyl sites for hydroxylation is 1. The van der Waals surface area contributed by atoms with Crippen LogP contribution in [0.5, 0.6) is 0 Å². The summed E-state index contributed by atoms with van der Waals surface area (Å²) >= 11 is 1.41. The van der Waals surface area contributed by atoms with Crippen molar-refractivity contribution in [3.05, 3.63) is 71.0 Å². The van der Waals surface area contributed by atoms with Crippen molar-refractivity contribution in [3.63, 3.8) is 0 Å². The first-order chi connectivity index (χ1) is 15.8. The van der Waals surface area contributed by atoms with Crippen molar-refractivity contribution in [1.29, 1.82) is 5.41 Å². The summed E-state index contributed by atoms with van der Waals surface area (Å²) in [5, 5.41) is 10.8. The smallest absolute Gasteiger partial charge is 0.272 e. The number of nitrogens with one attached hydrogen (secondary N) is 3. The van der Waals surface area contributed by atoms with Gasteiger partial charge in [-0.3, -0.25) is 4.79 Å². The third-order valence-corrected chi connectivity index (χ3v) is 6.79. The number of benzene rings is 2. The number of hydrogen-bond donors (Lipinski definition) is 3. The van der Waals surface area contributed by atoms with Gasteiger partial charge in [0.05, 0.1) is 17.6 Å². The predicted molar refractivity (Wildman–Crippen MR) is 130 cm³/mol. The normalized spacial score (nSPS) is 11.1. The SMILES string of the molecule is Cc1cc(Sc2cc(C(=O)Nc3c(F)ccc4occc34)n(C)c2C)cc(C=N)c1NSF. The van der Waals surface area contributed by atoms with Gasteiger partial charge in [0, 0.05) is 39.7 Å². The molecule has 0 aliphatic carbocycles. The number of amides is 1. The number of carbonyl (C=O) groups is 1. The van der Waals surface area contributed by atoms with Gasteiger partial charge in [0.25, 0.3) is 5.91 Å². The van der Waals surface area contributed by atoms with E-state index in [4.69, 9.17) is 9.83 Å². The fourth-order valence-electron chi connectivity index (χ4n) is 3.57. The summed E-state index contributed by atoms with van der Waals surface area (Å²) < 4.78 is 36.7. The number of rotatable bonds is 7. The second-order valence-corrected chi connectivity index (χ2v) is 8.85. The van der Waals surface area contributed by atoms with Crippen LogP contribution in [0.1, 0.15) is 27.3 Å². The van der Waals surface area contributed by atoms with Gasteiger partial charge in [-0.15, -0.1) is 3.89 Å². The topological polar surface area (TPSA) is 83.1 Å². The maximum Gasteiger partial charge on any atom is 0.272 e. The molecule has 170 valence electrons. The van der Waals surface area contributed by atoms with Crippen molar-refractivity contribution < 1.29 is 17.5 Å². The third-order valence-electron chi connectivity index (χ3n) is 5.41. The van der Waals surface area contributed by atoms with E-state index in [1.165, 1.54) is 30.2 Å². The van der Waals surface area contributed by atoms with E-state index in [9.17, 15) is 13.1 Å². The van der Waals surface area contributed by atoms with Crippen LogP contribution in [-0.2, 0) is 7.05 Å². The summed E-state index contributed by atoms with van der Waals surface area (Å²) in [6.45, 7) is 3.72. The molecule has 0 saturated carbocycles. The zero-order valence-electron chi connectivity index (χ0n) is 18.0. The number of aromatic nitrogens is 1. The molecule has 4 aromatic rings. The van der Waals surface area contributed by atoms with E-state index in [1.807, 2.05) is 19.9 Å². The first kappa shape index (κ1) is 22.9. The van der Waals surface area contributed by atoms with Crippen LogP contribution in [0.15, 0.2) is 56.9 Å². The van der Waals surface area contributed by atoms with Crippen LogP contribution in [-0.4, -0.2) is 16.7 Å². The maximum absolute atomic E-state index is 14.4. The molecule has 0 radical (unpaired) electrons. The molecular formula is C23H20F2N4O2S2. The highest BCUT2D eigenvalue weighted by Gasteiger charge is 2.20. The zero-order valence-corrected chi connectivity index (χ0v) is 19.6. The number of halogens is 2. The van der Waals surface area contributed by atoms with Gasteiger partial charge in [0.15, 0.2) is 12.3 Å². The second kappa shape index (κ2) is 9.32.